The van der Waals surface area contributed by atoms with Crippen molar-refractivity contribution in [2.24, 2.45) is 5.73 Å². The van der Waals surface area contributed by atoms with Crippen LogP contribution in [0.25, 0.3) is 0 Å². The summed E-state index contributed by atoms with van der Waals surface area (Å²) in [7, 11) is 1.78. The molecule has 0 spiro atoms. The van der Waals surface area contributed by atoms with Gasteiger partial charge in [-0.05, 0) is 20.8 Å². The average molecular weight is 229 g/mol. The van der Waals surface area contributed by atoms with E-state index in [4.69, 9.17) is 10.5 Å². The first-order valence-corrected chi connectivity index (χ1v) is 6.20. The SMILES string of the molecule is COC(C)CN1CCN(C(C)(C)CN)CC1. The van der Waals surface area contributed by atoms with Crippen LogP contribution in [0.1, 0.15) is 20.8 Å². The molecule has 4 nitrogen and oxygen atoms in total. The van der Waals surface area contributed by atoms with E-state index >= 15 is 0 Å². The third-order valence-electron chi connectivity index (χ3n) is 3.65. The lowest BCUT2D eigenvalue weighted by Gasteiger charge is -2.43. The summed E-state index contributed by atoms with van der Waals surface area (Å²) < 4.78 is 5.29. The molecule has 1 aliphatic rings. The van der Waals surface area contributed by atoms with Crippen LogP contribution in [0, 0.1) is 0 Å². The highest BCUT2D eigenvalue weighted by Gasteiger charge is 2.28. The van der Waals surface area contributed by atoms with E-state index < -0.39 is 0 Å². The van der Waals surface area contributed by atoms with Gasteiger partial charge in [0.05, 0.1) is 6.10 Å². The van der Waals surface area contributed by atoms with Crippen LogP contribution in [-0.2, 0) is 4.74 Å². The predicted molar refractivity (Wildman–Crippen MR) is 67.6 cm³/mol. The molecule has 0 aromatic heterocycles. The second-order valence-electron chi connectivity index (χ2n) is 5.35. The molecule has 1 rings (SSSR count). The quantitative estimate of drug-likeness (QED) is 0.740. The van der Waals surface area contributed by atoms with E-state index in [1.807, 2.05) is 0 Å². The van der Waals surface area contributed by atoms with Crippen LogP contribution >= 0.6 is 0 Å². The van der Waals surface area contributed by atoms with Crippen molar-refractivity contribution in [3.05, 3.63) is 0 Å². The van der Waals surface area contributed by atoms with Gasteiger partial charge in [0, 0.05) is 51.9 Å². The lowest BCUT2D eigenvalue weighted by atomic mass is 10.0. The van der Waals surface area contributed by atoms with Gasteiger partial charge in [0.1, 0.15) is 0 Å². The maximum absolute atomic E-state index is 5.80. The molecule has 0 aliphatic carbocycles. The van der Waals surface area contributed by atoms with Crippen LogP contribution < -0.4 is 5.73 Å². The van der Waals surface area contributed by atoms with Crippen molar-refractivity contribution in [2.75, 3.05) is 46.4 Å². The van der Waals surface area contributed by atoms with E-state index in [2.05, 4.69) is 30.6 Å². The van der Waals surface area contributed by atoms with Gasteiger partial charge < -0.3 is 10.5 Å². The van der Waals surface area contributed by atoms with Crippen molar-refractivity contribution >= 4 is 0 Å². The monoisotopic (exact) mass is 229 g/mol. The number of rotatable bonds is 5. The van der Waals surface area contributed by atoms with Gasteiger partial charge in [-0.1, -0.05) is 0 Å². The summed E-state index contributed by atoms with van der Waals surface area (Å²) in [6.45, 7) is 12.8. The third kappa shape index (κ3) is 3.70. The fourth-order valence-electron chi connectivity index (χ4n) is 2.10. The lowest BCUT2D eigenvalue weighted by molar-refractivity contribution is 0.0244. The summed E-state index contributed by atoms with van der Waals surface area (Å²) >= 11 is 0. The third-order valence-corrected chi connectivity index (χ3v) is 3.65. The van der Waals surface area contributed by atoms with E-state index in [1.54, 1.807) is 7.11 Å². The summed E-state index contributed by atoms with van der Waals surface area (Å²) in [4.78, 5) is 4.96. The smallest absolute Gasteiger partial charge is 0.0670 e. The minimum absolute atomic E-state index is 0.138. The standard InChI is InChI=1S/C12H27N3O/c1-11(16-4)9-14-5-7-15(8-6-14)12(2,3)10-13/h11H,5-10,13H2,1-4H3. The zero-order valence-electron chi connectivity index (χ0n) is 11.2. The zero-order chi connectivity index (χ0) is 12.2. The maximum Gasteiger partial charge on any atom is 0.0670 e. The number of piperazine rings is 1. The summed E-state index contributed by atoms with van der Waals surface area (Å²) in [5.41, 5.74) is 5.94. The minimum Gasteiger partial charge on any atom is -0.380 e. The molecule has 0 amide bonds. The van der Waals surface area contributed by atoms with Crippen molar-refractivity contribution in [1.29, 1.82) is 0 Å². The lowest BCUT2D eigenvalue weighted by Crippen LogP contribution is -2.57. The van der Waals surface area contributed by atoms with E-state index in [9.17, 15) is 0 Å². The van der Waals surface area contributed by atoms with Gasteiger partial charge in [-0.15, -0.1) is 0 Å². The van der Waals surface area contributed by atoms with Gasteiger partial charge in [-0.25, -0.2) is 0 Å². The van der Waals surface area contributed by atoms with E-state index in [0.29, 0.717) is 6.10 Å². The van der Waals surface area contributed by atoms with Crippen LogP contribution in [0.5, 0.6) is 0 Å². The molecule has 0 saturated carbocycles. The summed E-state index contributed by atoms with van der Waals surface area (Å²) in [6, 6.07) is 0. The normalized spacial score (nSPS) is 22.3. The molecule has 0 bridgehead atoms. The number of methoxy groups -OCH3 is 1. The van der Waals surface area contributed by atoms with Gasteiger partial charge in [-0.2, -0.15) is 0 Å². The number of hydrogen-bond donors (Lipinski definition) is 1. The predicted octanol–water partition coefficient (Wildman–Crippen LogP) is 0.376. The topological polar surface area (TPSA) is 41.7 Å². The molecule has 16 heavy (non-hydrogen) atoms. The first-order chi connectivity index (χ1) is 7.49. The van der Waals surface area contributed by atoms with Gasteiger partial charge in [0.25, 0.3) is 0 Å². The summed E-state index contributed by atoms with van der Waals surface area (Å²) in [6.07, 6.45) is 0.328. The first kappa shape index (κ1) is 13.9. The van der Waals surface area contributed by atoms with Crippen molar-refractivity contribution in [3.63, 3.8) is 0 Å². The molecule has 1 saturated heterocycles. The Bertz CT molecular complexity index is 200. The number of ether oxygens (including phenoxy) is 1. The molecule has 1 fully saturated rings. The van der Waals surface area contributed by atoms with E-state index in [1.165, 1.54) is 0 Å². The minimum atomic E-state index is 0.138. The van der Waals surface area contributed by atoms with Crippen LogP contribution in [0.4, 0.5) is 0 Å². The Balaban J connectivity index is 2.34. The highest BCUT2D eigenvalue weighted by molar-refractivity contribution is 4.86. The van der Waals surface area contributed by atoms with Crippen LogP contribution in [0.2, 0.25) is 0 Å². The summed E-state index contributed by atoms with van der Waals surface area (Å²) in [5.74, 6) is 0. The fourth-order valence-corrected chi connectivity index (χ4v) is 2.10. The van der Waals surface area contributed by atoms with E-state index in [0.717, 1.165) is 39.3 Å². The van der Waals surface area contributed by atoms with Crippen molar-refractivity contribution in [3.8, 4) is 0 Å². The molecule has 1 heterocycles. The molecule has 0 aromatic rings. The highest BCUT2D eigenvalue weighted by Crippen LogP contribution is 2.15. The van der Waals surface area contributed by atoms with Crippen molar-refractivity contribution in [2.45, 2.75) is 32.4 Å². The molecular formula is C12H27N3O. The Morgan fingerprint density at radius 3 is 2.25 bits per heavy atom. The Hall–Kier alpha value is -0.160. The average Bonchev–Trinajstić information content (AvgIpc) is 2.29. The highest BCUT2D eigenvalue weighted by atomic mass is 16.5. The first-order valence-electron chi connectivity index (χ1n) is 6.20. The van der Waals surface area contributed by atoms with Crippen LogP contribution in [0.15, 0.2) is 0 Å². The number of nitrogens with two attached hydrogens (primary N) is 1. The summed E-state index contributed by atoms with van der Waals surface area (Å²) in [5, 5.41) is 0. The van der Waals surface area contributed by atoms with Crippen molar-refractivity contribution < 1.29 is 4.74 Å². The molecular weight excluding hydrogens is 202 g/mol. The van der Waals surface area contributed by atoms with Crippen molar-refractivity contribution in [1.82, 2.24) is 9.80 Å². The Labute approximate surface area is 99.7 Å². The Morgan fingerprint density at radius 2 is 1.81 bits per heavy atom. The van der Waals surface area contributed by atoms with Gasteiger partial charge in [0.2, 0.25) is 0 Å². The van der Waals surface area contributed by atoms with Gasteiger partial charge in [0.15, 0.2) is 0 Å². The van der Waals surface area contributed by atoms with Crippen LogP contribution in [0.3, 0.4) is 0 Å². The second-order valence-corrected chi connectivity index (χ2v) is 5.35. The molecule has 1 unspecified atom stereocenters. The second kappa shape index (κ2) is 5.96. The largest absolute Gasteiger partial charge is 0.380 e. The van der Waals surface area contributed by atoms with E-state index in [-0.39, 0.29) is 5.54 Å². The maximum atomic E-state index is 5.80. The number of hydrogen-bond acceptors (Lipinski definition) is 4. The van der Waals surface area contributed by atoms with Crippen LogP contribution in [-0.4, -0.2) is 67.8 Å². The fraction of sp³-hybridized carbons (Fsp3) is 1.00. The zero-order valence-corrected chi connectivity index (χ0v) is 11.2. The van der Waals surface area contributed by atoms with Gasteiger partial charge >= 0.3 is 0 Å². The molecule has 2 N–H and O–H groups in total. The molecule has 4 heteroatoms. The Kier molecular flexibility index (Phi) is 5.18. The molecule has 1 atom stereocenters. The molecule has 96 valence electrons. The Morgan fingerprint density at radius 1 is 1.25 bits per heavy atom. The number of nitrogens with zero attached hydrogens (tertiary/aromatic N) is 2. The van der Waals surface area contributed by atoms with Gasteiger partial charge in [-0.3, -0.25) is 9.80 Å². The molecule has 1 aliphatic heterocycles. The molecule has 0 radical (unpaired) electrons. The molecule has 0 aromatic carbocycles.